The highest BCUT2D eigenvalue weighted by Crippen LogP contribution is 2.38. The lowest BCUT2D eigenvalue weighted by Gasteiger charge is -2.09. The van der Waals surface area contributed by atoms with Gasteiger partial charge in [-0.15, -0.1) is 0 Å². The highest BCUT2D eigenvalue weighted by Gasteiger charge is 2.18. The summed E-state index contributed by atoms with van der Waals surface area (Å²) in [5.74, 6) is -0.0399. The fourth-order valence-corrected chi connectivity index (χ4v) is 3.74. The Kier molecular flexibility index (Phi) is 6.36. The normalized spacial score (nSPS) is 11.0. The first-order valence-electron chi connectivity index (χ1n) is 9.46. The predicted molar refractivity (Wildman–Crippen MR) is 114 cm³/mol. The van der Waals surface area contributed by atoms with Gasteiger partial charge in [-0.2, -0.15) is 5.10 Å². The maximum Gasteiger partial charge on any atom is 0.267 e. The number of rotatable bonds is 7. The largest absolute Gasteiger partial charge is 0.302 e. The van der Waals surface area contributed by atoms with E-state index in [2.05, 4.69) is 22.3 Å². The van der Waals surface area contributed by atoms with Gasteiger partial charge in [0.15, 0.2) is 5.13 Å². The zero-order chi connectivity index (χ0) is 20.1. The molecule has 2 heterocycles. The van der Waals surface area contributed by atoms with Gasteiger partial charge < -0.3 is 5.32 Å². The molecule has 0 aliphatic heterocycles. The molecule has 0 fully saturated rings. The van der Waals surface area contributed by atoms with Crippen LogP contribution in [-0.4, -0.2) is 20.7 Å². The Balaban J connectivity index is 2.05. The van der Waals surface area contributed by atoms with Gasteiger partial charge >= 0.3 is 0 Å². The predicted octanol–water partition coefficient (Wildman–Crippen LogP) is 4.74. The minimum Gasteiger partial charge on any atom is -0.302 e. The number of anilines is 1. The second-order valence-electron chi connectivity index (χ2n) is 6.81. The number of amides is 1. The average Bonchev–Trinajstić information content (AvgIpc) is 3.11. The Hall–Kier alpha value is -2.80. The van der Waals surface area contributed by atoms with Crippen LogP contribution in [0.15, 0.2) is 47.3 Å². The molecule has 6 nitrogen and oxygen atoms in total. The molecule has 1 N–H and O–H groups in total. The zero-order valence-electron chi connectivity index (χ0n) is 16.3. The quantitative estimate of drug-likeness (QED) is 0.625. The Labute approximate surface area is 168 Å². The van der Waals surface area contributed by atoms with Gasteiger partial charge in [0.05, 0.1) is 16.6 Å². The number of hydrogen-bond donors (Lipinski definition) is 1. The molecule has 3 aromatic rings. The molecule has 0 unspecified atom stereocenters. The average molecular weight is 397 g/mol. The summed E-state index contributed by atoms with van der Waals surface area (Å²) in [6, 6.07) is 13.0. The second kappa shape index (κ2) is 8.93. The number of aromatic nitrogens is 3. The molecule has 0 aliphatic carbocycles. The third-order valence-electron chi connectivity index (χ3n) is 4.22. The molecule has 1 amide bonds. The molecular weight excluding hydrogens is 372 g/mol. The standard InChI is InChI=1S/C21H24N4O2S/c1-4-5-11-17(26)22-21-23-19(15-9-7-6-8-10-15)20(28-21)16-12-13-18(27)25(24-16)14(2)3/h6-10,12-14H,4-5,11H2,1-3H3,(H,22,23,26). The van der Waals surface area contributed by atoms with E-state index in [1.807, 2.05) is 44.2 Å². The van der Waals surface area contributed by atoms with Crippen molar-refractivity contribution in [3.05, 3.63) is 52.8 Å². The number of carbonyl (C=O) groups is 1. The minimum absolute atomic E-state index is 0.0399. The van der Waals surface area contributed by atoms with Gasteiger partial charge in [-0.25, -0.2) is 9.67 Å². The third kappa shape index (κ3) is 4.54. The summed E-state index contributed by atoms with van der Waals surface area (Å²) in [5.41, 5.74) is 2.21. The van der Waals surface area contributed by atoms with Crippen molar-refractivity contribution in [3.63, 3.8) is 0 Å². The van der Waals surface area contributed by atoms with Crippen LogP contribution in [0.3, 0.4) is 0 Å². The van der Waals surface area contributed by atoms with E-state index in [0.717, 1.165) is 29.0 Å². The maximum atomic E-state index is 12.1. The van der Waals surface area contributed by atoms with E-state index in [0.29, 0.717) is 17.2 Å². The van der Waals surface area contributed by atoms with Crippen molar-refractivity contribution in [1.29, 1.82) is 0 Å². The fraction of sp³-hybridized carbons (Fsp3) is 0.333. The first kappa shape index (κ1) is 19.9. The fourth-order valence-electron chi connectivity index (χ4n) is 2.77. The Bertz CT molecular complexity index is 1010. The molecule has 0 aliphatic rings. The molecular formula is C21H24N4O2S. The van der Waals surface area contributed by atoms with Crippen molar-refractivity contribution in [2.75, 3.05) is 5.32 Å². The van der Waals surface area contributed by atoms with Crippen LogP contribution in [0.4, 0.5) is 5.13 Å². The summed E-state index contributed by atoms with van der Waals surface area (Å²) in [6.45, 7) is 5.89. The van der Waals surface area contributed by atoms with Gasteiger partial charge in [-0.3, -0.25) is 9.59 Å². The van der Waals surface area contributed by atoms with E-state index < -0.39 is 0 Å². The first-order valence-corrected chi connectivity index (χ1v) is 10.3. The van der Waals surface area contributed by atoms with Crippen LogP contribution in [0.1, 0.15) is 46.1 Å². The zero-order valence-corrected chi connectivity index (χ0v) is 17.1. The lowest BCUT2D eigenvalue weighted by atomic mass is 10.1. The summed E-state index contributed by atoms with van der Waals surface area (Å²) in [6.07, 6.45) is 2.28. The Morgan fingerprint density at radius 3 is 2.61 bits per heavy atom. The van der Waals surface area contributed by atoms with Crippen molar-refractivity contribution in [1.82, 2.24) is 14.8 Å². The van der Waals surface area contributed by atoms with Crippen LogP contribution in [0.5, 0.6) is 0 Å². The van der Waals surface area contributed by atoms with Crippen LogP contribution in [-0.2, 0) is 4.79 Å². The van der Waals surface area contributed by atoms with Gasteiger partial charge in [0.1, 0.15) is 5.69 Å². The Morgan fingerprint density at radius 2 is 1.93 bits per heavy atom. The van der Waals surface area contributed by atoms with Crippen molar-refractivity contribution in [2.24, 2.45) is 0 Å². The summed E-state index contributed by atoms with van der Waals surface area (Å²) >= 11 is 1.37. The topological polar surface area (TPSA) is 76.9 Å². The molecule has 0 bridgehead atoms. The smallest absolute Gasteiger partial charge is 0.267 e. The lowest BCUT2D eigenvalue weighted by molar-refractivity contribution is -0.116. The minimum atomic E-state index is -0.141. The van der Waals surface area contributed by atoms with E-state index >= 15 is 0 Å². The number of nitrogens with zero attached hydrogens (tertiary/aromatic N) is 3. The van der Waals surface area contributed by atoms with E-state index in [4.69, 9.17) is 0 Å². The van der Waals surface area contributed by atoms with Crippen molar-refractivity contribution in [3.8, 4) is 21.8 Å². The highest BCUT2D eigenvalue weighted by molar-refractivity contribution is 7.19. The van der Waals surface area contributed by atoms with Gasteiger partial charge in [-0.05, 0) is 26.3 Å². The lowest BCUT2D eigenvalue weighted by Crippen LogP contribution is -2.23. The number of hydrogen-bond acceptors (Lipinski definition) is 5. The van der Waals surface area contributed by atoms with Crippen LogP contribution in [0.2, 0.25) is 0 Å². The van der Waals surface area contributed by atoms with E-state index in [1.54, 1.807) is 6.07 Å². The van der Waals surface area contributed by atoms with Gasteiger partial charge in [-0.1, -0.05) is 55.0 Å². The van der Waals surface area contributed by atoms with Gasteiger partial charge in [0.25, 0.3) is 5.56 Å². The second-order valence-corrected chi connectivity index (χ2v) is 7.81. The van der Waals surface area contributed by atoms with Crippen LogP contribution < -0.4 is 10.9 Å². The van der Waals surface area contributed by atoms with Gasteiger partial charge in [0.2, 0.25) is 5.91 Å². The molecule has 0 saturated heterocycles. The monoisotopic (exact) mass is 396 g/mol. The molecule has 28 heavy (non-hydrogen) atoms. The number of unbranched alkanes of at least 4 members (excludes halogenated alkanes) is 1. The van der Waals surface area contributed by atoms with Gasteiger partial charge in [0, 0.05) is 18.1 Å². The van der Waals surface area contributed by atoms with Crippen molar-refractivity contribution in [2.45, 2.75) is 46.1 Å². The maximum absolute atomic E-state index is 12.1. The number of carbonyl (C=O) groups excluding carboxylic acids is 1. The number of thiazole rings is 1. The number of nitrogens with one attached hydrogen (secondary N) is 1. The van der Waals surface area contributed by atoms with E-state index in [-0.39, 0.29) is 17.5 Å². The first-order chi connectivity index (χ1) is 13.5. The van der Waals surface area contributed by atoms with Crippen molar-refractivity contribution < 1.29 is 4.79 Å². The molecule has 0 radical (unpaired) electrons. The summed E-state index contributed by atoms with van der Waals surface area (Å²) in [5, 5.41) is 7.97. The molecule has 1 aromatic carbocycles. The highest BCUT2D eigenvalue weighted by atomic mass is 32.1. The number of benzene rings is 1. The molecule has 0 atom stereocenters. The summed E-state index contributed by atoms with van der Waals surface area (Å²) in [7, 11) is 0. The third-order valence-corrected chi connectivity index (χ3v) is 5.22. The van der Waals surface area contributed by atoms with Crippen LogP contribution >= 0.6 is 11.3 Å². The van der Waals surface area contributed by atoms with E-state index in [9.17, 15) is 9.59 Å². The molecule has 146 valence electrons. The molecule has 0 saturated carbocycles. The summed E-state index contributed by atoms with van der Waals surface area (Å²) in [4.78, 5) is 29.7. The summed E-state index contributed by atoms with van der Waals surface area (Å²) < 4.78 is 1.46. The van der Waals surface area contributed by atoms with Crippen LogP contribution in [0.25, 0.3) is 21.8 Å². The molecule has 0 spiro atoms. The molecule has 3 rings (SSSR count). The van der Waals surface area contributed by atoms with Crippen molar-refractivity contribution >= 4 is 22.4 Å². The van der Waals surface area contributed by atoms with E-state index in [1.165, 1.54) is 22.1 Å². The molecule has 7 heteroatoms. The molecule has 2 aromatic heterocycles. The van der Waals surface area contributed by atoms with Crippen LogP contribution in [0, 0.1) is 0 Å². The Morgan fingerprint density at radius 1 is 1.18 bits per heavy atom. The SMILES string of the molecule is CCCCC(=O)Nc1nc(-c2ccccc2)c(-c2ccc(=O)n(C(C)C)n2)s1.